The van der Waals surface area contributed by atoms with Gasteiger partial charge in [-0.25, -0.2) is 0 Å². The first-order valence-electron chi connectivity index (χ1n) is 7.17. The van der Waals surface area contributed by atoms with Crippen molar-refractivity contribution in [3.63, 3.8) is 0 Å². The summed E-state index contributed by atoms with van der Waals surface area (Å²) in [5.41, 5.74) is 0.368. The molecule has 4 nitrogen and oxygen atoms in total. The Labute approximate surface area is 109 Å². The lowest BCUT2D eigenvalue weighted by Gasteiger charge is -2.27. The fourth-order valence-electron chi connectivity index (χ4n) is 2.99. The molecule has 0 bridgehead atoms. The standard InChI is InChI=1S/C14H23N3O/c1-4-9-5-6-15-11(7-9)13-16-12(17-18-13)10-8-14(10,2)3/h9-11,15H,4-8H2,1-3H3. The van der Waals surface area contributed by atoms with Crippen molar-refractivity contribution in [2.45, 2.75) is 58.4 Å². The molecule has 2 aliphatic rings. The molecule has 18 heavy (non-hydrogen) atoms. The third-order valence-corrected chi connectivity index (χ3v) is 4.67. The van der Waals surface area contributed by atoms with Crippen molar-refractivity contribution in [3.05, 3.63) is 11.7 Å². The molecule has 1 aromatic heterocycles. The van der Waals surface area contributed by atoms with E-state index >= 15 is 0 Å². The molecule has 0 aromatic carbocycles. The Balaban J connectivity index is 1.69. The van der Waals surface area contributed by atoms with Gasteiger partial charge in [0.1, 0.15) is 0 Å². The van der Waals surface area contributed by atoms with E-state index in [1.54, 1.807) is 0 Å². The number of rotatable bonds is 3. The minimum atomic E-state index is 0.270. The summed E-state index contributed by atoms with van der Waals surface area (Å²) >= 11 is 0. The molecule has 3 unspecified atom stereocenters. The summed E-state index contributed by atoms with van der Waals surface area (Å²) in [6, 6.07) is 0.270. The molecule has 1 N–H and O–H groups in total. The summed E-state index contributed by atoms with van der Waals surface area (Å²) in [4.78, 5) is 4.62. The molecule has 3 rings (SSSR count). The molecule has 1 saturated carbocycles. The first-order chi connectivity index (χ1) is 8.60. The van der Waals surface area contributed by atoms with Crippen molar-refractivity contribution in [2.75, 3.05) is 6.54 Å². The van der Waals surface area contributed by atoms with E-state index in [1.165, 1.54) is 19.3 Å². The Bertz CT molecular complexity index is 426. The lowest BCUT2D eigenvalue weighted by atomic mass is 9.90. The highest BCUT2D eigenvalue weighted by atomic mass is 16.5. The fraction of sp³-hybridized carbons (Fsp3) is 0.857. The van der Waals surface area contributed by atoms with Gasteiger partial charge >= 0.3 is 0 Å². The van der Waals surface area contributed by atoms with Crippen LogP contribution in [-0.4, -0.2) is 16.7 Å². The first kappa shape index (κ1) is 12.2. The molecule has 2 heterocycles. The van der Waals surface area contributed by atoms with Gasteiger partial charge < -0.3 is 9.84 Å². The number of nitrogens with one attached hydrogen (secondary N) is 1. The molecule has 1 aromatic rings. The Kier molecular flexibility index (Phi) is 2.93. The molecule has 3 atom stereocenters. The van der Waals surface area contributed by atoms with Crippen LogP contribution in [0.2, 0.25) is 0 Å². The quantitative estimate of drug-likeness (QED) is 0.894. The fourth-order valence-corrected chi connectivity index (χ4v) is 2.99. The summed E-state index contributed by atoms with van der Waals surface area (Å²) in [7, 11) is 0. The summed E-state index contributed by atoms with van der Waals surface area (Å²) in [5, 5.41) is 7.67. The van der Waals surface area contributed by atoms with Crippen molar-refractivity contribution in [2.24, 2.45) is 11.3 Å². The van der Waals surface area contributed by atoms with Gasteiger partial charge in [0.05, 0.1) is 6.04 Å². The largest absolute Gasteiger partial charge is 0.338 e. The van der Waals surface area contributed by atoms with Gasteiger partial charge in [0.15, 0.2) is 5.82 Å². The maximum atomic E-state index is 5.47. The summed E-state index contributed by atoms with van der Waals surface area (Å²) in [6.45, 7) is 7.86. The monoisotopic (exact) mass is 249 g/mol. The van der Waals surface area contributed by atoms with Gasteiger partial charge in [0.2, 0.25) is 5.89 Å². The summed E-state index contributed by atoms with van der Waals surface area (Å²) in [5.74, 6) is 3.01. The van der Waals surface area contributed by atoms with Crippen LogP contribution >= 0.6 is 0 Å². The van der Waals surface area contributed by atoms with Crippen LogP contribution in [0.15, 0.2) is 4.52 Å². The molecule has 2 fully saturated rings. The smallest absolute Gasteiger partial charge is 0.243 e. The number of piperidine rings is 1. The normalized spacial score (nSPS) is 34.5. The molecule has 1 saturated heterocycles. The average molecular weight is 249 g/mol. The minimum absolute atomic E-state index is 0.270. The van der Waals surface area contributed by atoms with E-state index in [-0.39, 0.29) is 6.04 Å². The summed E-state index contributed by atoms with van der Waals surface area (Å²) < 4.78 is 5.47. The zero-order valence-electron chi connectivity index (χ0n) is 11.6. The third-order valence-electron chi connectivity index (χ3n) is 4.67. The second-order valence-corrected chi connectivity index (χ2v) is 6.54. The Morgan fingerprint density at radius 1 is 1.44 bits per heavy atom. The third kappa shape index (κ3) is 2.18. The van der Waals surface area contributed by atoms with Crippen molar-refractivity contribution in [1.29, 1.82) is 0 Å². The molecular formula is C14H23N3O. The lowest BCUT2D eigenvalue weighted by molar-refractivity contribution is 0.245. The topological polar surface area (TPSA) is 51.0 Å². The van der Waals surface area contributed by atoms with E-state index in [0.29, 0.717) is 11.3 Å². The second-order valence-electron chi connectivity index (χ2n) is 6.54. The second kappa shape index (κ2) is 4.34. The Hall–Kier alpha value is -0.900. The van der Waals surface area contributed by atoms with Gasteiger partial charge in [0, 0.05) is 5.92 Å². The minimum Gasteiger partial charge on any atom is -0.338 e. The van der Waals surface area contributed by atoms with Crippen molar-refractivity contribution >= 4 is 0 Å². The lowest BCUT2D eigenvalue weighted by Crippen LogP contribution is -2.31. The predicted molar refractivity (Wildman–Crippen MR) is 69.2 cm³/mol. The van der Waals surface area contributed by atoms with E-state index in [2.05, 4.69) is 36.2 Å². The molecule has 1 aliphatic carbocycles. The molecule has 100 valence electrons. The van der Waals surface area contributed by atoms with Crippen LogP contribution in [0, 0.1) is 11.3 Å². The molecule has 1 aliphatic heterocycles. The van der Waals surface area contributed by atoms with Gasteiger partial charge in [-0.15, -0.1) is 0 Å². The van der Waals surface area contributed by atoms with Crippen LogP contribution in [0.25, 0.3) is 0 Å². The van der Waals surface area contributed by atoms with E-state index in [1.807, 2.05) is 0 Å². The zero-order valence-corrected chi connectivity index (χ0v) is 11.6. The molecular weight excluding hydrogens is 226 g/mol. The van der Waals surface area contributed by atoms with E-state index in [4.69, 9.17) is 4.52 Å². The highest BCUT2D eigenvalue weighted by Crippen LogP contribution is 2.57. The van der Waals surface area contributed by atoms with Gasteiger partial charge in [-0.3, -0.25) is 0 Å². The SMILES string of the molecule is CCC1CCNC(c2nc(C3CC3(C)C)no2)C1. The van der Waals surface area contributed by atoms with Crippen molar-refractivity contribution in [1.82, 2.24) is 15.5 Å². The highest BCUT2D eigenvalue weighted by molar-refractivity contribution is 5.15. The van der Waals surface area contributed by atoms with E-state index < -0.39 is 0 Å². The van der Waals surface area contributed by atoms with Crippen LogP contribution in [0.1, 0.15) is 70.1 Å². The van der Waals surface area contributed by atoms with Crippen molar-refractivity contribution < 1.29 is 4.52 Å². The first-order valence-corrected chi connectivity index (χ1v) is 7.17. The number of hydrogen-bond donors (Lipinski definition) is 1. The van der Waals surface area contributed by atoms with Crippen molar-refractivity contribution in [3.8, 4) is 0 Å². The van der Waals surface area contributed by atoms with Gasteiger partial charge in [-0.05, 0) is 37.1 Å². The van der Waals surface area contributed by atoms with E-state index in [9.17, 15) is 0 Å². The number of aromatic nitrogens is 2. The number of nitrogens with zero attached hydrogens (tertiary/aromatic N) is 2. The molecule has 0 radical (unpaired) electrons. The van der Waals surface area contributed by atoms with Gasteiger partial charge in [-0.1, -0.05) is 32.3 Å². The molecule has 4 heteroatoms. The molecule has 0 spiro atoms. The van der Waals surface area contributed by atoms with Crippen LogP contribution in [-0.2, 0) is 0 Å². The van der Waals surface area contributed by atoms with Crippen LogP contribution in [0.4, 0.5) is 0 Å². The summed E-state index contributed by atoms with van der Waals surface area (Å²) in [6.07, 6.45) is 4.83. The average Bonchev–Trinajstić information content (AvgIpc) is 2.81. The van der Waals surface area contributed by atoms with Crippen LogP contribution in [0.5, 0.6) is 0 Å². The maximum Gasteiger partial charge on any atom is 0.243 e. The van der Waals surface area contributed by atoms with Crippen LogP contribution in [0.3, 0.4) is 0 Å². The molecule has 0 amide bonds. The van der Waals surface area contributed by atoms with Gasteiger partial charge in [-0.2, -0.15) is 4.98 Å². The predicted octanol–water partition coefficient (Wildman–Crippen LogP) is 3.03. The highest BCUT2D eigenvalue weighted by Gasteiger charge is 2.49. The van der Waals surface area contributed by atoms with E-state index in [0.717, 1.165) is 30.6 Å². The maximum absolute atomic E-state index is 5.47. The van der Waals surface area contributed by atoms with Gasteiger partial charge in [0.25, 0.3) is 0 Å². The van der Waals surface area contributed by atoms with Crippen LogP contribution < -0.4 is 5.32 Å². The zero-order chi connectivity index (χ0) is 12.8. The number of hydrogen-bond acceptors (Lipinski definition) is 4. The Morgan fingerprint density at radius 2 is 2.22 bits per heavy atom. The Morgan fingerprint density at radius 3 is 2.89 bits per heavy atom.